The lowest BCUT2D eigenvalue weighted by Gasteiger charge is -2.25. The molecule has 2 aromatic rings. The van der Waals surface area contributed by atoms with E-state index >= 15 is 0 Å². The second-order valence-corrected chi connectivity index (χ2v) is 6.38. The first-order chi connectivity index (χ1) is 9.58. The largest absolute Gasteiger partial charge is 0.356 e. The molecule has 110 valence electrons. The molecule has 2 aromatic heterocycles. The second-order valence-electron chi connectivity index (χ2n) is 5.14. The van der Waals surface area contributed by atoms with Crippen LogP contribution in [0.25, 0.3) is 10.2 Å². The Kier molecular flexibility index (Phi) is 4.77. The first-order valence-corrected chi connectivity index (χ1v) is 7.90. The SMILES string of the molecule is CCC(C)CN(CC)c1nc(NN)nc2sc(C)cc12. The topological polar surface area (TPSA) is 67.1 Å². The van der Waals surface area contributed by atoms with Crippen molar-refractivity contribution in [1.82, 2.24) is 9.97 Å². The van der Waals surface area contributed by atoms with Crippen LogP contribution >= 0.6 is 11.3 Å². The normalized spacial score (nSPS) is 12.7. The average Bonchev–Trinajstić information content (AvgIpc) is 2.83. The molecule has 20 heavy (non-hydrogen) atoms. The van der Waals surface area contributed by atoms with Crippen molar-refractivity contribution in [2.24, 2.45) is 11.8 Å². The fraction of sp³-hybridized carbons (Fsp3) is 0.571. The lowest BCUT2D eigenvalue weighted by atomic mass is 10.1. The number of hydrogen-bond acceptors (Lipinski definition) is 6. The van der Waals surface area contributed by atoms with Crippen LogP contribution < -0.4 is 16.2 Å². The monoisotopic (exact) mass is 293 g/mol. The minimum absolute atomic E-state index is 0.483. The molecule has 0 aliphatic rings. The number of thiophene rings is 1. The molecule has 0 saturated carbocycles. The van der Waals surface area contributed by atoms with Gasteiger partial charge in [0.15, 0.2) is 0 Å². The summed E-state index contributed by atoms with van der Waals surface area (Å²) in [5.74, 6) is 7.59. The second kappa shape index (κ2) is 6.37. The highest BCUT2D eigenvalue weighted by Crippen LogP contribution is 2.32. The molecule has 0 amide bonds. The van der Waals surface area contributed by atoms with Crippen LogP contribution in [0, 0.1) is 12.8 Å². The van der Waals surface area contributed by atoms with Gasteiger partial charge in [0.05, 0.1) is 5.39 Å². The predicted octanol–water partition coefficient (Wildman–Crippen LogP) is 3.16. The standard InChI is InChI=1S/C14H23N5S/c1-5-9(3)8-19(6-2)12-11-7-10(4)20-13(11)17-14(16-12)18-15/h7,9H,5-6,8,15H2,1-4H3,(H,16,17,18). The average molecular weight is 293 g/mol. The van der Waals surface area contributed by atoms with E-state index < -0.39 is 0 Å². The molecule has 2 rings (SSSR count). The van der Waals surface area contributed by atoms with E-state index in [4.69, 9.17) is 5.84 Å². The van der Waals surface area contributed by atoms with Crippen molar-refractivity contribution in [3.8, 4) is 0 Å². The van der Waals surface area contributed by atoms with Gasteiger partial charge in [0.1, 0.15) is 10.6 Å². The van der Waals surface area contributed by atoms with E-state index in [0.717, 1.165) is 35.5 Å². The molecular weight excluding hydrogens is 270 g/mol. The third-order valence-electron chi connectivity index (χ3n) is 3.54. The Bertz CT molecular complexity index is 580. The molecule has 0 spiro atoms. The molecule has 5 nitrogen and oxygen atoms in total. The highest BCUT2D eigenvalue weighted by atomic mass is 32.1. The van der Waals surface area contributed by atoms with E-state index in [9.17, 15) is 0 Å². The number of nitrogen functional groups attached to an aromatic ring is 1. The van der Waals surface area contributed by atoms with Crippen molar-refractivity contribution in [3.63, 3.8) is 0 Å². The molecule has 0 radical (unpaired) electrons. The Morgan fingerprint density at radius 2 is 2.15 bits per heavy atom. The molecule has 2 heterocycles. The number of aryl methyl sites for hydroxylation is 1. The molecule has 3 N–H and O–H groups in total. The van der Waals surface area contributed by atoms with Gasteiger partial charge in [-0.1, -0.05) is 20.3 Å². The summed E-state index contributed by atoms with van der Waals surface area (Å²) in [4.78, 5) is 13.6. The van der Waals surface area contributed by atoms with Gasteiger partial charge in [0.2, 0.25) is 5.95 Å². The van der Waals surface area contributed by atoms with Gasteiger partial charge in [-0.05, 0) is 25.8 Å². The number of hydrazine groups is 1. The smallest absolute Gasteiger partial charge is 0.240 e. The molecule has 1 atom stereocenters. The Hall–Kier alpha value is -1.40. The van der Waals surface area contributed by atoms with Gasteiger partial charge in [-0.3, -0.25) is 5.43 Å². The lowest BCUT2D eigenvalue weighted by Crippen LogP contribution is -2.29. The van der Waals surface area contributed by atoms with Crippen LogP contribution in [0.4, 0.5) is 11.8 Å². The molecule has 0 aromatic carbocycles. The van der Waals surface area contributed by atoms with Gasteiger partial charge in [-0.25, -0.2) is 10.8 Å². The molecule has 6 heteroatoms. The van der Waals surface area contributed by atoms with Crippen LogP contribution in [0.15, 0.2) is 6.07 Å². The number of anilines is 2. The summed E-state index contributed by atoms with van der Waals surface area (Å²) in [6.07, 6.45) is 1.16. The summed E-state index contributed by atoms with van der Waals surface area (Å²) >= 11 is 1.68. The molecule has 0 fully saturated rings. The van der Waals surface area contributed by atoms with E-state index in [0.29, 0.717) is 11.9 Å². The maximum absolute atomic E-state index is 5.50. The molecule has 0 aliphatic heterocycles. The molecular formula is C14H23N5S. The van der Waals surface area contributed by atoms with Gasteiger partial charge in [0.25, 0.3) is 0 Å². The summed E-state index contributed by atoms with van der Waals surface area (Å²) < 4.78 is 0. The zero-order valence-corrected chi connectivity index (χ0v) is 13.4. The quantitative estimate of drug-likeness (QED) is 0.632. The predicted molar refractivity (Wildman–Crippen MR) is 87.3 cm³/mol. The van der Waals surface area contributed by atoms with E-state index in [1.807, 2.05) is 0 Å². The number of aromatic nitrogens is 2. The Morgan fingerprint density at radius 1 is 1.40 bits per heavy atom. The van der Waals surface area contributed by atoms with Crippen LogP contribution in [0.3, 0.4) is 0 Å². The minimum atomic E-state index is 0.483. The van der Waals surface area contributed by atoms with Gasteiger partial charge in [-0.15, -0.1) is 11.3 Å². The highest BCUT2D eigenvalue weighted by Gasteiger charge is 2.16. The molecule has 1 unspecified atom stereocenters. The van der Waals surface area contributed by atoms with E-state index in [1.165, 1.54) is 4.88 Å². The lowest BCUT2D eigenvalue weighted by molar-refractivity contribution is 0.546. The maximum atomic E-state index is 5.50. The Labute approximate surface area is 124 Å². The summed E-state index contributed by atoms with van der Waals surface area (Å²) in [6.45, 7) is 10.7. The van der Waals surface area contributed by atoms with Gasteiger partial charge in [-0.2, -0.15) is 4.98 Å². The van der Waals surface area contributed by atoms with Gasteiger partial charge < -0.3 is 4.90 Å². The van der Waals surface area contributed by atoms with Crippen LogP contribution in [0.2, 0.25) is 0 Å². The van der Waals surface area contributed by atoms with Crippen LogP contribution in [-0.4, -0.2) is 23.1 Å². The zero-order chi connectivity index (χ0) is 14.7. The fourth-order valence-electron chi connectivity index (χ4n) is 2.20. The Balaban J connectivity index is 2.48. The zero-order valence-electron chi connectivity index (χ0n) is 12.6. The number of nitrogens with zero attached hydrogens (tertiary/aromatic N) is 3. The number of nitrogens with one attached hydrogen (secondary N) is 1. The first-order valence-electron chi connectivity index (χ1n) is 7.08. The third kappa shape index (κ3) is 3.02. The summed E-state index contributed by atoms with van der Waals surface area (Å²) in [5, 5.41) is 1.12. The number of rotatable bonds is 6. The summed E-state index contributed by atoms with van der Waals surface area (Å²) in [7, 11) is 0. The number of nitrogens with two attached hydrogens (primary N) is 1. The van der Waals surface area contributed by atoms with Crippen molar-refractivity contribution < 1.29 is 0 Å². The van der Waals surface area contributed by atoms with Gasteiger partial charge >= 0.3 is 0 Å². The van der Waals surface area contributed by atoms with E-state index in [-0.39, 0.29) is 0 Å². The highest BCUT2D eigenvalue weighted by molar-refractivity contribution is 7.18. The first kappa shape index (κ1) is 15.0. The van der Waals surface area contributed by atoms with Gasteiger partial charge in [0, 0.05) is 18.0 Å². The molecule has 0 aliphatic carbocycles. The number of hydrogen-bond donors (Lipinski definition) is 2. The molecule has 0 bridgehead atoms. The minimum Gasteiger partial charge on any atom is -0.356 e. The van der Waals surface area contributed by atoms with Crippen molar-refractivity contribution in [3.05, 3.63) is 10.9 Å². The van der Waals surface area contributed by atoms with Crippen molar-refractivity contribution in [2.45, 2.75) is 34.1 Å². The summed E-state index contributed by atoms with van der Waals surface area (Å²) in [6, 6.07) is 2.16. The summed E-state index contributed by atoms with van der Waals surface area (Å²) in [5.41, 5.74) is 2.57. The molecule has 0 saturated heterocycles. The van der Waals surface area contributed by atoms with E-state index in [1.54, 1.807) is 11.3 Å². The van der Waals surface area contributed by atoms with Crippen LogP contribution in [-0.2, 0) is 0 Å². The third-order valence-corrected chi connectivity index (χ3v) is 4.48. The fourth-order valence-corrected chi connectivity index (χ4v) is 3.08. The Morgan fingerprint density at radius 3 is 2.75 bits per heavy atom. The number of fused-ring (bicyclic) bond motifs is 1. The van der Waals surface area contributed by atoms with Crippen LogP contribution in [0.5, 0.6) is 0 Å². The van der Waals surface area contributed by atoms with Crippen molar-refractivity contribution in [1.29, 1.82) is 0 Å². The van der Waals surface area contributed by atoms with Crippen molar-refractivity contribution >= 4 is 33.3 Å². The van der Waals surface area contributed by atoms with Crippen molar-refractivity contribution in [2.75, 3.05) is 23.4 Å². The maximum Gasteiger partial charge on any atom is 0.240 e. The van der Waals surface area contributed by atoms with Crippen LogP contribution in [0.1, 0.15) is 32.1 Å². The van der Waals surface area contributed by atoms with E-state index in [2.05, 4.69) is 54.1 Å².